The van der Waals surface area contributed by atoms with Crippen LogP contribution in [0, 0.1) is 20.8 Å². The summed E-state index contributed by atoms with van der Waals surface area (Å²) in [6.45, 7) is 10.2. The molecule has 0 bridgehead atoms. The number of benzene rings is 2. The Morgan fingerprint density at radius 1 is 0.966 bits per heavy atom. The predicted octanol–water partition coefficient (Wildman–Crippen LogP) is 3.68. The Kier molecular flexibility index (Phi) is 7.30. The average Bonchev–Trinajstić information content (AvgIpc) is 2.69. The zero-order valence-corrected chi connectivity index (χ0v) is 18.8. The summed E-state index contributed by atoms with van der Waals surface area (Å²) in [6.07, 6.45) is 0. The minimum atomic E-state index is -4.03. The molecule has 2 aromatic carbocycles. The quantitative estimate of drug-likeness (QED) is 0.656. The molecular weight excluding hydrogens is 388 g/mol. The van der Waals surface area contributed by atoms with Gasteiger partial charge in [0.1, 0.15) is 17.2 Å². The molecule has 1 amide bonds. The molecule has 0 N–H and O–H groups in total. The second-order valence-electron chi connectivity index (χ2n) is 7.00. The van der Waals surface area contributed by atoms with Crippen molar-refractivity contribution in [3.63, 3.8) is 0 Å². The van der Waals surface area contributed by atoms with Gasteiger partial charge in [-0.25, -0.2) is 8.42 Å². The highest BCUT2D eigenvalue weighted by atomic mass is 32.2. The van der Waals surface area contributed by atoms with E-state index in [1.54, 1.807) is 35.2 Å². The number of rotatable bonds is 8. The standard InChI is InChI=1S/C22H30N2O4S/c1-7-23(8-2)22(25)15-24(19-11-10-17(4)18(5)14-19)29(26,27)21-13-16(3)9-12-20(21)28-6/h9-14H,7-8,15H2,1-6H3. The maximum absolute atomic E-state index is 13.7. The van der Waals surface area contributed by atoms with E-state index in [9.17, 15) is 13.2 Å². The number of aryl methyl sites for hydroxylation is 3. The van der Waals surface area contributed by atoms with E-state index in [0.717, 1.165) is 16.7 Å². The Hall–Kier alpha value is -2.54. The van der Waals surface area contributed by atoms with Crippen molar-refractivity contribution in [1.82, 2.24) is 4.90 Å². The summed E-state index contributed by atoms with van der Waals surface area (Å²) in [4.78, 5) is 14.5. The van der Waals surface area contributed by atoms with E-state index in [2.05, 4.69) is 0 Å². The van der Waals surface area contributed by atoms with Crippen molar-refractivity contribution in [3.8, 4) is 5.75 Å². The van der Waals surface area contributed by atoms with Gasteiger partial charge in [0, 0.05) is 13.1 Å². The highest BCUT2D eigenvalue weighted by Gasteiger charge is 2.31. The molecule has 0 unspecified atom stereocenters. The molecule has 6 nitrogen and oxygen atoms in total. The fourth-order valence-corrected chi connectivity index (χ4v) is 4.75. The summed E-state index contributed by atoms with van der Waals surface area (Å²) in [7, 11) is -2.60. The van der Waals surface area contributed by atoms with Crippen molar-refractivity contribution in [2.75, 3.05) is 31.0 Å². The number of amides is 1. The van der Waals surface area contributed by atoms with Crippen LogP contribution in [0.3, 0.4) is 0 Å². The van der Waals surface area contributed by atoms with Crippen molar-refractivity contribution in [3.05, 3.63) is 53.1 Å². The maximum atomic E-state index is 13.7. The molecule has 2 rings (SSSR count). The van der Waals surface area contributed by atoms with Gasteiger partial charge in [-0.2, -0.15) is 0 Å². The predicted molar refractivity (Wildman–Crippen MR) is 116 cm³/mol. The summed E-state index contributed by atoms with van der Waals surface area (Å²) in [5, 5.41) is 0. The zero-order valence-electron chi connectivity index (χ0n) is 18.0. The van der Waals surface area contributed by atoms with E-state index in [-0.39, 0.29) is 23.1 Å². The number of anilines is 1. The number of nitrogens with zero attached hydrogens (tertiary/aromatic N) is 2. The molecule has 0 aliphatic rings. The van der Waals surface area contributed by atoms with Gasteiger partial charge in [0.15, 0.2) is 0 Å². The third-order valence-electron chi connectivity index (χ3n) is 5.06. The van der Waals surface area contributed by atoms with Crippen LogP contribution in [0.5, 0.6) is 5.75 Å². The lowest BCUT2D eigenvalue weighted by atomic mass is 10.1. The van der Waals surface area contributed by atoms with Crippen molar-refractivity contribution < 1.29 is 17.9 Å². The van der Waals surface area contributed by atoms with Crippen LogP contribution in [0.4, 0.5) is 5.69 Å². The first-order chi connectivity index (χ1) is 13.6. The lowest BCUT2D eigenvalue weighted by Crippen LogP contribution is -2.43. The van der Waals surface area contributed by atoms with Crippen molar-refractivity contribution >= 4 is 21.6 Å². The third-order valence-corrected chi connectivity index (χ3v) is 6.86. The molecule has 158 valence electrons. The normalized spacial score (nSPS) is 11.2. The lowest BCUT2D eigenvalue weighted by molar-refractivity contribution is -0.129. The first kappa shape index (κ1) is 22.7. The van der Waals surface area contributed by atoms with Crippen LogP contribution in [0.15, 0.2) is 41.3 Å². The fraction of sp³-hybridized carbons (Fsp3) is 0.409. The van der Waals surface area contributed by atoms with E-state index in [0.29, 0.717) is 18.8 Å². The van der Waals surface area contributed by atoms with Crippen LogP contribution in [-0.2, 0) is 14.8 Å². The van der Waals surface area contributed by atoms with Crippen LogP contribution in [0.25, 0.3) is 0 Å². The van der Waals surface area contributed by atoms with Gasteiger partial charge in [-0.05, 0) is 75.6 Å². The number of methoxy groups -OCH3 is 1. The molecule has 0 atom stereocenters. The van der Waals surface area contributed by atoms with E-state index < -0.39 is 10.0 Å². The first-order valence-corrected chi connectivity index (χ1v) is 11.1. The Morgan fingerprint density at radius 3 is 2.17 bits per heavy atom. The highest BCUT2D eigenvalue weighted by Crippen LogP contribution is 2.31. The van der Waals surface area contributed by atoms with Gasteiger partial charge < -0.3 is 9.64 Å². The monoisotopic (exact) mass is 418 g/mol. The van der Waals surface area contributed by atoms with Gasteiger partial charge in [0.2, 0.25) is 5.91 Å². The van der Waals surface area contributed by atoms with Gasteiger partial charge in [-0.15, -0.1) is 0 Å². The molecule has 0 fully saturated rings. The number of ether oxygens (including phenoxy) is 1. The Labute approximate surface area is 174 Å². The molecular formula is C22H30N2O4S. The summed E-state index contributed by atoms with van der Waals surface area (Å²) >= 11 is 0. The third kappa shape index (κ3) is 4.90. The largest absolute Gasteiger partial charge is 0.495 e. The number of carbonyl (C=O) groups excluding carboxylic acids is 1. The van der Waals surface area contributed by atoms with Crippen molar-refractivity contribution in [1.29, 1.82) is 0 Å². The smallest absolute Gasteiger partial charge is 0.268 e. The average molecular weight is 419 g/mol. The lowest BCUT2D eigenvalue weighted by Gasteiger charge is -2.28. The van der Waals surface area contributed by atoms with Crippen molar-refractivity contribution in [2.45, 2.75) is 39.5 Å². The van der Waals surface area contributed by atoms with Crippen LogP contribution in [0.1, 0.15) is 30.5 Å². The molecule has 0 saturated carbocycles. The van der Waals surface area contributed by atoms with Gasteiger partial charge >= 0.3 is 0 Å². The topological polar surface area (TPSA) is 66.9 Å². The maximum Gasteiger partial charge on any atom is 0.268 e. The molecule has 2 aromatic rings. The van der Waals surface area contributed by atoms with Gasteiger partial charge in [0.05, 0.1) is 12.8 Å². The second kappa shape index (κ2) is 9.31. The van der Waals surface area contributed by atoms with Crippen LogP contribution in [-0.4, -0.2) is 46.0 Å². The summed E-state index contributed by atoms with van der Waals surface area (Å²) < 4.78 is 33.8. The fourth-order valence-electron chi connectivity index (χ4n) is 3.10. The van der Waals surface area contributed by atoms with Crippen LogP contribution >= 0.6 is 0 Å². The Balaban J connectivity index is 2.64. The minimum Gasteiger partial charge on any atom is -0.495 e. The summed E-state index contributed by atoms with van der Waals surface area (Å²) in [5.74, 6) is 0.00291. The molecule has 29 heavy (non-hydrogen) atoms. The minimum absolute atomic E-state index is 0.0468. The Bertz CT molecular complexity index is 982. The molecule has 0 aliphatic heterocycles. The number of hydrogen-bond acceptors (Lipinski definition) is 4. The second-order valence-corrected chi connectivity index (χ2v) is 8.83. The Morgan fingerprint density at radius 2 is 1.62 bits per heavy atom. The molecule has 0 radical (unpaired) electrons. The van der Waals surface area contributed by atoms with Gasteiger partial charge in [-0.1, -0.05) is 12.1 Å². The van der Waals surface area contributed by atoms with Gasteiger partial charge in [0.25, 0.3) is 10.0 Å². The van der Waals surface area contributed by atoms with Crippen LogP contribution in [0.2, 0.25) is 0 Å². The molecule has 0 saturated heterocycles. The number of sulfonamides is 1. The molecule has 7 heteroatoms. The molecule has 0 heterocycles. The van der Waals surface area contributed by atoms with E-state index in [4.69, 9.17) is 4.74 Å². The van der Waals surface area contributed by atoms with Gasteiger partial charge in [-0.3, -0.25) is 9.10 Å². The van der Waals surface area contributed by atoms with E-state index in [1.165, 1.54) is 11.4 Å². The molecule has 0 aromatic heterocycles. The number of carbonyl (C=O) groups is 1. The van der Waals surface area contributed by atoms with E-state index in [1.807, 2.05) is 40.7 Å². The van der Waals surface area contributed by atoms with Crippen molar-refractivity contribution in [2.24, 2.45) is 0 Å². The number of likely N-dealkylation sites (N-methyl/N-ethyl adjacent to an activating group) is 1. The molecule has 0 spiro atoms. The van der Waals surface area contributed by atoms with E-state index >= 15 is 0 Å². The first-order valence-electron chi connectivity index (χ1n) is 9.68. The zero-order chi connectivity index (χ0) is 21.8. The summed E-state index contributed by atoms with van der Waals surface area (Å²) in [6, 6.07) is 10.4. The van der Waals surface area contributed by atoms with Crippen LogP contribution < -0.4 is 9.04 Å². The molecule has 0 aliphatic carbocycles. The highest BCUT2D eigenvalue weighted by molar-refractivity contribution is 7.93. The summed E-state index contributed by atoms with van der Waals surface area (Å²) in [5.41, 5.74) is 3.25. The number of hydrogen-bond donors (Lipinski definition) is 0. The SMILES string of the molecule is CCN(CC)C(=O)CN(c1ccc(C)c(C)c1)S(=O)(=O)c1cc(C)ccc1OC.